The van der Waals surface area contributed by atoms with Crippen LogP contribution < -0.4 is 15.4 Å². The van der Waals surface area contributed by atoms with Crippen molar-refractivity contribution in [3.63, 3.8) is 0 Å². The minimum atomic E-state index is -3.36. The number of halogens is 1. The molecule has 0 unspecified atom stereocenters. The summed E-state index contributed by atoms with van der Waals surface area (Å²) >= 11 is 0. The van der Waals surface area contributed by atoms with Crippen molar-refractivity contribution in [1.29, 1.82) is 0 Å². The molecule has 2 rings (SSSR count). The molecule has 2 aromatic carbocycles. The van der Waals surface area contributed by atoms with E-state index in [2.05, 4.69) is 36.4 Å². The monoisotopic (exact) mass is 545 g/mol. The Morgan fingerprint density at radius 1 is 1.00 bits per heavy atom. The zero-order valence-electron chi connectivity index (χ0n) is 18.2. The van der Waals surface area contributed by atoms with E-state index < -0.39 is 9.84 Å². The number of methoxy groups -OCH3 is 1. The molecular formula is C22H32IN3O3S. The molecule has 0 amide bonds. The quantitative estimate of drug-likeness (QED) is 0.315. The summed E-state index contributed by atoms with van der Waals surface area (Å²) < 4.78 is 30.3. The first-order valence-corrected chi connectivity index (χ1v) is 11.2. The van der Waals surface area contributed by atoms with Gasteiger partial charge in [0.2, 0.25) is 0 Å². The van der Waals surface area contributed by atoms with Crippen LogP contribution in [0.2, 0.25) is 0 Å². The summed E-state index contributed by atoms with van der Waals surface area (Å²) in [4.78, 5) is 4.48. The highest BCUT2D eigenvalue weighted by Gasteiger charge is 2.17. The van der Waals surface area contributed by atoms with E-state index >= 15 is 0 Å². The van der Waals surface area contributed by atoms with Crippen LogP contribution in [0.25, 0.3) is 0 Å². The maximum absolute atomic E-state index is 12.6. The molecule has 2 N–H and O–H groups in total. The number of hydrogen-bond donors (Lipinski definition) is 2. The number of nitrogens with one attached hydrogen (secondary N) is 2. The minimum Gasteiger partial charge on any atom is -0.497 e. The topological polar surface area (TPSA) is 79.8 Å². The zero-order valence-corrected chi connectivity index (χ0v) is 21.4. The predicted molar refractivity (Wildman–Crippen MR) is 134 cm³/mol. The van der Waals surface area contributed by atoms with Crippen molar-refractivity contribution in [2.75, 3.05) is 26.5 Å². The molecule has 0 aliphatic heterocycles. The molecule has 0 radical (unpaired) electrons. The Balaban J connectivity index is 0.00000450. The van der Waals surface area contributed by atoms with Gasteiger partial charge in [-0.3, -0.25) is 4.99 Å². The van der Waals surface area contributed by atoms with E-state index in [1.807, 2.05) is 36.4 Å². The Hall–Kier alpha value is -1.81. The lowest BCUT2D eigenvalue weighted by atomic mass is 9.87. The number of hydrogen-bond acceptors (Lipinski definition) is 4. The molecular weight excluding hydrogens is 513 g/mol. The molecule has 0 spiro atoms. The van der Waals surface area contributed by atoms with Crippen LogP contribution in [-0.2, 0) is 21.8 Å². The maximum Gasteiger partial charge on any atom is 0.191 e. The fourth-order valence-corrected chi connectivity index (χ4v) is 3.89. The van der Waals surface area contributed by atoms with Crippen LogP contribution in [0.15, 0.2) is 58.4 Å². The molecule has 0 bridgehead atoms. The molecule has 6 nitrogen and oxygen atoms in total. The molecule has 30 heavy (non-hydrogen) atoms. The molecule has 166 valence electrons. The highest BCUT2D eigenvalue weighted by Crippen LogP contribution is 2.23. The molecule has 2 aromatic rings. The number of ether oxygens (including phenoxy) is 1. The molecule has 0 atom stereocenters. The average molecular weight is 545 g/mol. The Kier molecular flexibility index (Phi) is 10.1. The van der Waals surface area contributed by atoms with Gasteiger partial charge in [-0.1, -0.05) is 45.0 Å². The molecule has 0 fully saturated rings. The lowest BCUT2D eigenvalue weighted by Gasteiger charge is -2.19. The van der Waals surface area contributed by atoms with Crippen LogP contribution in [0.5, 0.6) is 5.75 Å². The highest BCUT2D eigenvalue weighted by atomic mass is 127. The van der Waals surface area contributed by atoms with Gasteiger partial charge in [-0.2, -0.15) is 0 Å². The van der Waals surface area contributed by atoms with Crippen molar-refractivity contribution in [2.24, 2.45) is 4.99 Å². The van der Waals surface area contributed by atoms with E-state index in [0.717, 1.165) is 16.9 Å². The number of sulfone groups is 1. The van der Waals surface area contributed by atoms with E-state index in [1.54, 1.807) is 26.3 Å². The molecule has 0 aliphatic carbocycles. The lowest BCUT2D eigenvalue weighted by molar-refractivity contribution is 0.414. The summed E-state index contributed by atoms with van der Waals surface area (Å²) in [6.45, 7) is 7.15. The van der Waals surface area contributed by atoms with E-state index in [-0.39, 0.29) is 41.7 Å². The SMILES string of the molecule is CN=C(NCCS(=O)(=O)c1ccc(C(C)(C)C)cc1)NCc1ccc(OC)cc1.I. The van der Waals surface area contributed by atoms with Gasteiger partial charge >= 0.3 is 0 Å². The van der Waals surface area contributed by atoms with E-state index in [4.69, 9.17) is 4.74 Å². The molecule has 8 heteroatoms. The van der Waals surface area contributed by atoms with Crippen molar-refractivity contribution in [3.05, 3.63) is 59.7 Å². The maximum atomic E-state index is 12.6. The van der Waals surface area contributed by atoms with Crippen molar-refractivity contribution in [1.82, 2.24) is 10.6 Å². The van der Waals surface area contributed by atoms with Gasteiger partial charge in [-0.25, -0.2) is 8.42 Å². The Bertz CT molecular complexity index is 920. The fraction of sp³-hybridized carbons (Fsp3) is 0.409. The molecule has 0 saturated carbocycles. The van der Waals surface area contributed by atoms with E-state index in [1.165, 1.54) is 0 Å². The number of rotatable bonds is 7. The summed E-state index contributed by atoms with van der Waals surface area (Å²) in [5, 5.41) is 6.24. The number of guanidine groups is 1. The predicted octanol–water partition coefficient (Wildman–Crippen LogP) is 3.75. The first-order valence-electron chi connectivity index (χ1n) is 9.56. The first-order chi connectivity index (χ1) is 13.7. The average Bonchev–Trinajstić information content (AvgIpc) is 2.70. The van der Waals surface area contributed by atoms with Gasteiger partial charge in [0.1, 0.15) is 5.75 Å². The summed E-state index contributed by atoms with van der Waals surface area (Å²) in [6, 6.07) is 14.9. The van der Waals surface area contributed by atoms with E-state index in [0.29, 0.717) is 17.4 Å². The van der Waals surface area contributed by atoms with Crippen molar-refractivity contribution in [2.45, 2.75) is 37.6 Å². The van der Waals surface area contributed by atoms with Gasteiger partial charge in [-0.15, -0.1) is 24.0 Å². The second-order valence-corrected chi connectivity index (χ2v) is 9.90. The van der Waals surface area contributed by atoms with Gasteiger partial charge < -0.3 is 15.4 Å². The molecule has 0 aromatic heterocycles. The Morgan fingerprint density at radius 3 is 2.10 bits per heavy atom. The van der Waals surface area contributed by atoms with Crippen molar-refractivity contribution < 1.29 is 13.2 Å². The molecule has 0 saturated heterocycles. The zero-order chi connectivity index (χ0) is 21.5. The summed E-state index contributed by atoms with van der Waals surface area (Å²) in [6.07, 6.45) is 0. The summed E-state index contributed by atoms with van der Waals surface area (Å²) in [5.41, 5.74) is 2.17. The van der Waals surface area contributed by atoms with Crippen molar-refractivity contribution >= 4 is 39.8 Å². The van der Waals surface area contributed by atoms with Crippen LogP contribution in [0.4, 0.5) is 0 Å². The standard InChI is InChI=1S/C22H31N3O3S.HI/c1-22(2,3)18-8-12-20(13-9-18)29(26,27)15-14-24-21(23-4)25-16-17-6-10-19(28-5)11-7-17;/h6-13H,14-16H2,1-5H3,(H2,23,24,25);1H. The van der Waals surface area contributed by atoms with Gasteiger partial charge in [0.05, 0.1) is 17.8 Å². The van der Waals surface area contributed by atoms with Crippen LogP contribution in [-0.4, -0.2) is 40.8 Å². The van der Waals surface area contributed by atoms with Crippen LogP contribution in [0.3, 0.4) is 0 Å². The highest BCUT2D eigenvalue weighted by molar-refractivity contribution is 14.0. The minimum absolute atomic E-state index is 0. The summed E-state index contributed by atoms with van der Waals surface area (Å²) in [7, 11) is -0.0736. The Morgan fingerprint density at radius 2 is 1.60 bits per heavy atom. The number of aliphatic imine (C=N–C) groups is 1. The largest absolute Gasteiger partial charge is 0.497 e. The third-order valence-electron chi connectivity index (χ3n) is 4.59. The molecule has 0 aliphatic rings. The van der Waals surface area contributed by atoms with Crippen molar-refractivity contribution in [3.8, 4) is 5.75 Å². The third-order valence-corrected chi connectivity index (χ3v) is 6.32. The van der Waals surface area contributed by atoms with Gasteiger partial charge in [0.15, 0.2) is 15.8 Å². The second kappa shape index (κ2) is 11.5. The van der Waals surface area contributed by atoms with Crippen LogP contribution in [0, 0.1) is 0 Å². The number of nitrogens with zero attached hydrogens (tertiary/aromatic N) is 1. The number of benzene rings is 2. The van der Waals surface area contributed by atoms with Gasteiger partial charge in [-0.05, 0) is 40.8 Å². The summed E-state index contributed by atoms with van der Waals surface area (Å²) in [5.74, 6) is 1.35. The van der Waals surface area contributed by atoms with Gasteiger partial charge in [0, 0.05) is 20.1 Å². The van der Waals surface area contributed by atoms with Crippen LogP contribution in [0.1, 0.15) is 31.9 Å². The third kappa shape index (κ3) is 7.79. The fourth-order valence-electron chi connectivity index (χ4n) is 2.73. The normalized spacial score (nSPS) is 12.1. The van der Waals surface area contributed by atoms with Gasteiger partial charge in [0.25, 0.3) is 0 Å². The smallest absolute Gasteiger partial charge is 0.191 e. The second-order valence-electron chi connectivity index (χ2n) is 7.79. The molecule has 0 heterocycles. The first kappa shape index (κ1) is 26.2. The van der Waals surface area contributed by atoms with E-state index in [9.17, 15) is 8.42 Å². The lowest BCUT2D eigenvalue weighted by Crippen LogP contribution is -2.39. The Labute approximate surface area is 197 Å². The van der Waals surface area contributed by atoms with Crippen LogP contribution >= 0.6 is 24.0 Å².